The molecule has 84 heavy (non-hydrogen) atoms. The second-order valence-corrected chi connectivity index (χ2v) is 34.5. The second-order valence-electron chi connectivity index (χ2n) is 25.5. The Bertz CT molecular complexity index is 3460. The molecule has 5 heteroatoms. The monoisotopic (exact) mass is 1140 g/mol. The van der Waals surface area contributed by atoms with Crippen LogP contribution in [-0.2, 0) is 11.8 Å². The highest BCUT2D eigenvalue weighted by atomic mass is 28.3. The van der Waals surface area contributed by atoms with E-state index in [2.05, 4.69) is 300 Å². The van der Waals surface area contributed by atoms with Gasteiger partial charge in [-0.15, -0.1) is 0 Å². The number of hydrogen-bond acceptors (Lipinski definition) is 3. The third-order valence-electron chi connectivity index (χ3n) is 19.3. The van der Waals surface area contributed by atoms with Crippen LogP contribution in [-0.4, -0.2) is 16.1 Å². The first-order chi connectivity index (χ1) is 40.4. The van der Waals surface area contributed by atoms with Crippen LogP contribution in [0.4, 0.5) is 51.2 Å². The van der Waals surface area contributed by atoms with Crippen molar-refractivity contribution in [1.82, 2.24) is 0 Å². The Labute approximate surface area is 508 Å². The van der Waals surface area contributed by atoms with Crippen LogP contribution >= 0.6 is 0 Å². The van der Waals surface area contributed by atoms with Crippen LogP contribution in [0.2, 0.25) is 25.2 Å². The van der Waals surface area contributed by atoms with E-state index < -0.39 is 16.1 Å². The third-order valence-corrected chi connectivity index (χ3v) is 28.1. The zero-order chi connectivity index (χ0) is 59.7. The summed E-state index contributed by atoms with van der Waals surface area (Å²) in [6.45, 7) is 34.3. The summed E-state index contributed by atoms with van der Waals surface area (Å²) in [5, 5.41) is 6.30. The predicted molar refractivity (Wildman–Crippen MR) is 373 cm³/mol. The van der Waals surface area contributed by atoms with Crippen LogP contribution in [0.5, 0.6) is 0 Å². The molecule has 0 atom stereocenters. The SMILES string of the molecule is CCC1(CC)c2cc(C)ccc2N(c2ccc(C)cc2)c2ccc(C)cc21.CCCCCCc1ccc(N2c3ccc(C)cc3[Si](C)(C)c3cc(C)ccc32)cc1.CC[Si]1(CC)c2cc(C)ccc2N(c2ccc(C)cc2)c2ccc(C)cc21. The molecule has 0 unspecified atom stereocenters. The minimum atomic E-state index is -1.76. The normalized spacial score (nSPS) is 14.5. The van der Waals surface area contributed by atoms with Crippen LogP contribution in [0, 0.1) is 55.4 Å². The summed E-state index contributed by atoms with van der Waals surface area (Å²) in [6, 6.07) is 71.8. The number of anilines is 9. The molecule has 12 rings (SSSR count). The molecule has 9 aromatic carbocycles. The van der Waals surface area contributed by atoms with Crippen molar-refractivity contribution in [3.63, 3.8) is 0 Å². The molecule has 0 amide bonds. The molecule has 9 aromatic rings. The molecular formula is C79H93N3Si2. The van der Waals surface area contributed by atoms with Crippen molar-refractivity contribution >= 4 is 88.1 Å². The van der Waals surface area contributed by atoms with Crippen molar-refractivity contribution in [2.75, 3.05) is 14.7 Å². The third kappa shape index (κ3) is 11.2. The number of hydrogen-bond donors (Lipinski definition) is 0. The van der Waals surface area contributed by atoms with Crippen LogP contribution in [0.25, 0.3) is 0 Å². The Hall–Kier alpha value is -7.19. The average molecular weight is 1140 g/mol. The molecule has 0 bridgehead atoms. The maximum atomic E-state index is 2.50. The van der Waals surface area contributed by atoms with Gasteiger partial charge in [-0.1, -0.05) is 233 Å². The highest BCUT2D eigenvalue weighted by Gasteiger charge is 2.45. The van der Waals surface area contributed by atoms with Crippen molar-refractivity contribution in [1.29, 1.82) is 0 Å². The summed E-state index contributed by atoms with van der Waals surface area (Å²) >= 11 is 0. The van der Waals surface area contributed by atoms with E-state index in [4.69, 9.17) is 0 Å². The standard InChI is InChI=1S/C28H35NSi.C26H29N.C25H29NSi/c1-6-7-8-9-10-23-13-15-24(16-14-23)29-25-17-11-21(2)19-27(25)30(4,5)28-20-22(3)12-18-26(28)29;1-6-26(7-2)22-16-19(4)10-14-24(22)27(21-12-8-18(3)9-13-21)25-15-11-20(5)17-23(25)26;1-6-27(7-2)24-16-19(4)10-14-22(24)26(21-12-8-18(3)9-13-21)23-15-11-20(5)17-25(23)27/h11-20H,6-10H2,1-5H3;2*8-17H,6-7H2,1-5H3. The Morgan fingerprint density at radius 3 is 0.988 bits per heavy atom. The molecule has 3 aliphatic rings. The first-order valence-corrected chi connectivity index (χ1v) is 37.1. The fourth-order valence-corrected chi connectivity index (χ4v) is 22.1. The second kappa shape index (κ2) is 24.8. The zero-order valence-electron chi connectivity index (χ0n) is 53.5. The van der Waals surface area contributed by atoms with Crippen molar-refractivity contribution < 1.29 is 0 Å². The molecule has 0 saturated carbocycles. The largest absolute Gasteiger partial charge is 0.311 e. The smallest absolute Gasteiger partial charge is 0.123 e. The van der Waals surface area contributed by atoms with E-state index in [0.29, 0.717) is 0 Å². The lowest BCUT2D eigenvalue weighted by atomic mass is 9.66. The zero-order valence-corrected chi connectivity index (χ0v) is 55.5. The van der Waals surface area contributed by atoms with Gasteiger partial charge >= 0.3 is 0 Å². The van der Waals surface area contributed by atoms with Gasteiger partial charge in [0.05, 0.1) is 11.4 Å². The highest BCUT2D eigenvalue weighted by Crippen LogP contribution is 2.55. The molecule has 3 nitrogen and oxygen atoms in total. The Morgan fingerprint density at radius 1 is 0.321 bits per heavy atom. The number of nitrogens with zero attached hydrogens (tertiary/aromatic N) is 3. The number of fused-ring (bicyclic) bond motifs is 6. The molecule has 0 radical (unpaired) electrons. The van der Waals surface area contributed by atoms with Gasteiger partial charge in [-0.05, 0) is 191 Å². The molecule has 0 fully saturated rings. The van der Waals surface area contributed by atoms with Crippen molar-refractivity contribution in [2.45, 2.75) is 166 Å². The van der Waals surface area contributed by atoms with Crippen molar-refractivity contribution in [2.24, 2.45) is 0 Å². The number of aryl methyl sites for hydroxylation is 9. The first-order valence-electron chi connectivity index (χ1n) is 31.7. The van der Waals surface area contributed by atoms with E-state index in [0.717, 1.165) is 12.8 Å². The predicted octanol–water partition coefficient (Wildman–Crippen LogP) is 20.5. The molecule has 0 saturated heterocycles. The quantitative estimate of drug-likeness (QED) is 0.0892. The van der Waals surface area contributed by atoms with E-state index in [1.165, 1.54) is 157 Å². The fraction of sp³-hybridized carbons (Fsp3) is 0.316. The van der Waals surface area contributed by atoms with Gasteiger partial charge in [0.1, 0.15) is 16.1 Å². The van der Waals surface area contributed by atoms with Gasteiger partial charge in [-0.3, -0.25) is 0 Å². The van der Waals surface area contributed by atoms with Gasteiger partial charge < -0.3 is 14.7 Å². The summed E-state index contributed by atoms with van der Waals surface area (Å²) in [5.41, 5.74) is 27.1. The summed E-state index contributed by atoms with van der Waals surface area (Å²) in [4.78, 5) is 7.43. The molecule has 0 spiro atoms. The molecule has 3 heterocycles. The Balaban J connectivity index is 0.000000141. The summed E-state index contributed by atoms with van der Waals surface area (Å²) < 4.78 is 0. The van der Waals surface area contributed by atoms with Crippen LogP contribution < -0.4 is 35.4 Å². The van der Waals surface area contributed by atoms with Crippen molar-refractivity contribution in [3.8, 4) is 0 Å². The lowest BCUT2D eigenvalue weighted by Gasteiger charge is -2.45. The van der Waals surface area contributed by atoms with Gasteiger partial charge in [0.2, 0.25) is 0 Å². The Morgan fingerprint density at radius 2 is 0.631 bits per heavy atom. The first kappa shape index (κ1) is 60.0. The Kier molecular flexibility index (Phi) is 17.7. The van der Waals surface area contributed by atoms with Crippen molar-refractivity contribution in [3.05, 3.63) is 243 Å². The molecule has 432 valence electrons. The molecule has 3 aliphatic heterocycles. The maximum Gasteiger partial charge on any atom is 0.123 e. The van der Waals surface area contributed by atoms with E-state index in [-0.39, 0.29) is 5.41 Å². The van der Waals surface area contributed by atoms with Gasteiger partial charge in [0.15, 0.2) is 0 Å². The van der Waals surface area contributed by atoms with E-state index in [1.54, 1.807) is 20.7 Å². The van der Waals surface area contributed by atoms with E-state index in [1.807, 2.05) is 0 Å². The topological polar surface area (TPSA) is 9.72 Å². The van der Waals surface area contributed by atoms with Gasteiger partial charge in [-0.25, -0.2) is 0 Å². The van der Waals surface area contributed by atoms with Crippen LogP contribution in [0.15, 0.2) is 182 Å². The summed E-state index contributed by atoms with van der Waals surface area (Å²) in [5.74, 6) is 0. The van der Waals surface area contributed by atoms with Gasteiger partial charge in [-0.2, -0.15) is 0 Å². The highest BCUT2D eigenvalue weighted by molar-refractivity contribution is 7.04. The number of rotatable bonds is 12. The minimum absolute atomic E-state index is 0.0733. The van der Waals surface area contributed by atoms with Crippen LogP contribution in [0.1, 0.15) is 134 Å². The lowest BCUT2D eigenvalue weighted by Crippen LogP contribution is -2.62. The number of unbranched alkanes of at least 4 members (excludes halogenated alkanes) is 3. The minimum Gasteiger partial charge on any atom is -0.311 e. The molecule has 0 N–H and O–H groups in total. The summed E-state index contributed by atoms with van der Waals surface area (Å²) in [6.07, 6.45) is 8.68. The molecular weight excluding hydrogens is 1050 g/mol. The maximum absolute atomic E-state index is 2.50. The van der Waals surface area contributed by atoms with Gasteiger partial charge in [0, 0.05) is 45.2 Å². The number of benzene rings is 9. The molecule has 0 aromatic heterocycles. The van der Waals surface area contributed by atoms with Crippen LogP contribution in [0.3, 0.4) is 0 Å². The van der Waals surface area contributed by atoms with E-state index >= 15 is 0 Å². The fourth-order valence-electron chi connectivity index (χ4n) is 14.2. The van der Waals surface area contributed by atoms with E-state index in [9.17, 15) is 0 Å². The summed E-state index contributed by atoms with van der Waals surface area (Å²) in [7, 11) is -3.51. The lowest BCUT2D eigenvalue weighted by molar-refractivity contribution is 0.474. The molecule has 0 aliphatic carbocycles. The average Bonchev–Trinajstić information content (AvgIpc) is 1.19. The van der Waals surface area contributed by atoms with Gasteiger partial charge in [0.25, 0.3) is 0 Å².